The van der Waals surface area contributed by atoms with Gasteiger partial charge >= 0.3 is 0 Å². The molecule has 1 fully saturated rings. The topological polar surface area (TPSA) is 24.7 Å². The molecule has 0 amide bonds. The van der Waals surface area contributed by atoms with Crippen molar-refractivity contribution in [2.75, 3.05) is 20.1 Å². The molecule has 0 radical (unpaired) electrons. The van der Waals surface area contributed by atoms with E-state index in [4.69, 9.17) is 0 Å². The number of aliphatic hydroxyl groups is 1. The Kier molecular flexibility index (Phi) is 2.81. The summed E-state index contributed by atoms with van der Waals surface area (Å²) < 4.78 is 0. The zero-order chi connectivity index (χ0) is 10.9. The number of rotatable bonds is 1. The smallest absolute Gasteiger partial charge is 0.101 e. The fraction of sp³-hybridized carbons (Fsp3) is 0.538. The first kappa shape index (κ1) is 10.7. The highest BCUT2D eigenvalue weighted by Gasteiger charge is 2.35. The highest BCUT2D eigenvalue weighted by molar-refractivity contribution is 5.31. The maximum absolute atomic E-state index is 10.6. The van der Waals surface area contributed by atoms with Gasteiger partial charge in [-0.25, -0.2) is 0 Å². The third-order valence-corrected chi connectivity index (χ3v) is 3.58. The molecule has 1 aliphatic heterocycles. The van der Waals surface area contributed by atoms with Crippen LogP contribution in [0.2, 0.25) is 0 Å². The third kappa shape index (κ3) is 2.06. The summed E-state index contributed by atoms with van der Waals surface area (Å²) in [4.78, 5) is 1.52. The average molecular weight is 206 g/mol. The van der Waals surface area contributed by atoms with Crippen molar-refractivity contribution >= 4 is 0 Å². The molecule has 0 unspecified atom stereocenters. The second-order valence-electron chi connectivity index (χ2n) is 4.80. The molecule has 0 aliphatic carbocycles. The summed E-state index contributed by atoms with van der Waals surface area (Å²) in [5, 5.41) is 10.6. The molecule has 0 bridgehead atoms. The van der Waals surface area contributed by atoms with Crippen LogP contribution in [0, 0.1) is 6.92 Å². The van der Waals surface area contributed by atoms with Gasteiger partial charge in [0.15, 0.2) is 0 Å². The van der Waals surface area contributed by atoms with Crippen LogP contribution in [0.15, 0.2) is 24.3 Å². The predicted molar refractivity (Wildman–Crippen MR) is 60.9 cm³/mol. The van der Waals surface area contributed by atoms with Crippen molar-refractivity contribution < 1.29 is 10.0 Å². The van der Waals surface area contributed by atoms with Crippen LogP contribution in [0.1, 0.15) is 24.0 Å². The van der Waals surface area contributed by atoms with Crippen LogP contribution in [0.5, 0.6) is 0 Å². The first-order valence-corrected chi connectivity index (χ1v) is 5.72. The molecular weight excluding hydrogens is 186 g/mol. The van der Waals surface area contributed by atoms with Gasteiger partial charge < -0.3 is 10.0 Å². The molecule has 1 heterocycles. The predicted octanol–water partition coefficient (Wildman–Crippen LogP) is 0.491. The summed E-state index contributed by atoms with van der Waals surface area (Å²) >= 11 is 0. The summed E-state index contributed by atoms with van der Waals surface area (Å²) in [5.74, 6) is 0. The minimum Gasteiger partial charge on any atom is -0.385 e. The van der Waals surface area contributed by atoms with E-state index in [1.807, 2.05) is 12.1 Å². The van der Waals surface area contributed by atoms with Crippen LogP contribution >= 0.6 is 0 Å². The van der Waals surface area contributed by atoms with Gasteiger partial charge in [0.25, 0.3) is 0 Å². The second kappa shape index (κ2) is 3.95. The minimum absolute atomic E-state index is 0.579. The van der Waals surface area contributed by atoms with Crippen molar-refractivity contribution in [2.45, 2.75) is 25.4 Å². The van der Waals surface area contributed by atoms with E-state index < -0.39 is 5.60 Å². The van der Waals surface area contributed by atoms with Gasteiger partial charge in [0.2, 0.25) is 0 Å². The van der Waals surface area contributed by atoms with E-state index in [9.17, 15) is 5.11 Å². The number of aryl methyl sites for hydroxylation is 1. The van der Waals surface area contributed by atoms with E-state index in [2.05, 4.69) is 26.1 Å². The number of quaternary nitrogens is 1. The highest BCUT2D eigenvalue weighted by atomic mass is 16.3. The molecule has 0 saturated carbocycles. The Morgan fingerprint density at radius 2 is 1.80 bits per heavy atom. The van der Waals surface area contributed by atoms with E-state index in [1.165, 1.54) is 10.5 Å². The van der Waals surface area contributed by atoms with Gasteiger partial charge in [0.05, 0.1) is 20.1 Å². The molecule has 1 saturated heterocycles. The molecule has 0 spiro atoms. The number of hydrogen-bond acceptors (Lipinski definition) is 1. The number of benzene rings is 1. The van der Waals surface area contributed by atoms with Crippen molar-refractivity contribution in [3.05, 3.63) is 35.4 Å². The van der Waals surface area contributed by atoms with Crippen LogP contribution in [-0.4, -0.2) is 25.2 Å². The third-order valence-electron chi connectivity index (χ3n) is 3.58. The number of nitrogens with one attached hydrogen (secondary N) is 1. The molecule has 2 rings (SSSR count). The molecule has 1 aromatic rings. The lowest BCUT2D eigenvalue weighted by Crippen LogP contribution is -3.10. The average Bonchev–Trinajstić information content (AvgIpc) is 2.23. The summed E-state index contributed by atoms with van der Waals surface area (Å²) in [5.41, 5.74) is 1.75. The summed E-state index contributed by atoms with van der Waals surface area (Å²) in [6, 6.07) is 8.20. The van der Waals surface area contributed by atoms with Crippen molar-refractivity contribution in [3.63, 3.8) is 0 Å². The molecular formula is C13H20NO+. The first-order valence-electron chi connectivity index (χ1n) is 5.72. The molecule has 2 N–H and O–H groups in total. The Bertz CT molecular complexity index is 340. The quantitative estimate of drug-likeness (QED) is 0.687. The van der Waals surface area contributed by atoms with Gasteiger partial charge in [-0.15, -0.1) is 0 Å². The highest BCUT2D eigenvalue weighted by Crippen LogP contribution is 2.31. The molecule has 1 aliphatic rings. The molecule has 82 valence electrons. The first-order chi connectivity index (χ1) is 7.12. The van der Waals surface area contributed by atoms with Crippen LogP contribution in [0.3, 0.4) is 0 Å². The largest absolute Gasteiger partial charge is 0.385 e. The molecule has 1 aromatic carbocycles. The van der Waals surface area contributed by atoms with Gasteiger partial charge in [-0.2, -0.15) is 0 Å². The molecule has 2 nitrogen and oxygen atoms in total. The Morgan fingerprint density at radius 1 is 1.20 bits per heavy atom. The van der Waals surface area contributed by atoms with E-state index in [-0.39, 0.29) is 0 Å². The van der Waals surface area contributed by atoms with Gasteiger partial charge in [0.1, 0.15) is 5.60 Å². The maximum Gasteiger partial charge on any atom is 0.101 e. The van der Waals surface area contributed by atoms with Crippen LogP contribution in [0.25, 0.3) is 0 Å². The Labute approximate surface area is 91.5 Å². The fourth-order valence-electron chi connectivity index (χ4n) is 2.45. The lowest BCUT2D eigenvalue weighted by molar-refractivity contribution is -0.887. The van der Waals surface area contributed by atoms with Crippen molar-refractivity contribution in [1.82, 2.24) is 0 Å². The monoisotopic (exact) mass is 206 g/mol. The van der Waals surface area contributed by atoms with Crippen LogP contribution < -0.4 is 4.90 Å². The van der Waals surface area contributed by atoms with Crippen molar-refractivity contribution in [3.8, 4) is 0 Å². The number of likely N-dealkylation sites (tertiary alicyclic amines) is 1. The number of piperidine rings is 1. The van der Waals surface area contributed by atoms with Crippen LogP contribution in [-0.2, 0) is 5.60 Å². The Morgan fingerprint density at radius 3 is 2.40 bits per heavy atom. The zero-order valence-electron chi connectivity index (χ0n) is 9.59. The Balaban J connectivity index is 2.26. The van der Waals surface area contributed by atoms with E-state index >= 15 is 0 Å². The standard InChI is InChI=1S/C13H19NO/c1-11-5-3-4-6-12(11)13(15)7-9-14(2)10-8-13/h3-6,15H,7-10H2,1-2H3/p+1. The van der Waals surface area contributed by atoms with Crippen molar-refractivity contribution in [2.24, 2.45) is 0 Å². The van der Waals surface area contributed by atoms with E-state index in [0.717, 1.165) is 31.5 Å². The second-order valence-corrected chi connectivity index (χ2v) is 4.80. The van der Waals surface area contributed by atoms with Gasteiger partial charge in [0, 0.05) is 12.8 Å². The van der Waals surface area contributed by atoms with Crippen LogP contribution in [0.4, 0.5) is 0 Å². The van der Waals surface area contributed by atoms with E-state index in [0.29, 0.717) is 0 Å². The molecule has 0 aromatic heterocycles. The Hall–Kier alpha value is -0.860. The lowest BCUT2D eigenvalue weighted by Gasteiger charge is -2.35. The summed E-state index contributed by atoms with van der Waals surface area (Å²) in [7, 11) is 2.19. The zero-order valence-corrected chi connectivity index (χ0v) is 9.59. The SMILES string of the molecule is Cc1ccccc1C1(O)CC[NH+](C)CC1. The van der Waals surface area contributed by atoms with Gasteiger partial charge in [-0.05, 0) is 18.1 Å². The van der Waals surface area contributed by atoms with Gasteiger partial charge in [-0.1, -0.05) is 24.3 Å². The van der Waals surface area contributed by atoms with E-state index in [1.54, 1.807) is 0 Å². The minimum atomic E-state index is -0.579. The summed E-state index contributed by atoms with van der Waals surface area (Å²) in [6.07, 6.45) is 1.76. The van der Waals surface area contributed by atoms with Crippen molar-refractivity contribution in [1.29, 1.82) is 0 Å². The van der Waals surface area contributed by atoms with Gasteiger partial charge in [-0.3, -0.25) is 0 Å². The molecule has 15 heavy (non-hydrogen) atoms. The molecule has 0 atom stereocenters. The molecule has 2 heteroatoms. The lowest BCUT2D eigenvalue weighted by atomic mass is 9.82. The maximum atomic E-state index is 10.6. The fourth-order valence-corrected chi connectivity index (χ4v) is 2.45. The number of hydrogen-bond donors (Lipinski definition) is 2. The normalized spacial score (nSPS) is 31.5. The summed E-state index contributed by atoms with van der Waals surface area (Å²) in [6.45, 7) is 4.20.